The molecule has 0 radical (unpaired) electrons. The van der Waals surface area contributed by atoms with Crippen LogP contribution in [0.1, 0.15) is 30.9 Å². The summed E-state index contributed by atoms with van der Waals surface area (Å²) in [5.74, 6) is -0.371. The van der Waals surface area contributed by atoms with Crippen LogP contribution in [0.25, 0.3) is 22.3 Å². The van der Waals surface area contributed by atoms with Gasteiger partial charge in [0.2, 0.25) is 0 Å². The van der Waals surface area contributed by atoms with E-state index in [-0.39, 0.29) is 36.1 Å². The number of nitrogens with one attached hydrogen (secondary N) is 1. The summed E-state index contributed by atoms with van der Waals surface area (Å²) in [4.78, 5) is 47.2. The van der Waals surface area contributed by atoms with Crippen molar-refractivity contribution < 1.29 is 42.0 Å². The number of rotatable bonds is 2. The first-order chi connectivity index (χ1) is 21.8. The normalized spacial score (nSPS) is 43.3. The number of nitrogens with two attached hydrogens (primary N) is 1. The van der Waals surface area contributed by atoms with Crippen LogP contribution < -0.4 is 11.3 Å². The highest BCUT2D eigenvalue weighted by Gasteiger charge is 2.75. The van der Waals surface area contributed by atoms with Crippen molar-refractivity contribution in [3.8, 4) is 0 Å². The van der Waals surface area contributed by atoms with Crippen LogP contribution in [0.3, 0.4) is 0 Å². The number of hydrogen-bond donors (Lipinski definition) is 5. The van der Waals surface area contributed by atoms with Gasteiger partial charge in [-0.1, -0.05) is 12.2 Å². The maximum Gasteiger partial charge on any atom is 0.472 e. The number of H-pyrrole nitrogens is 1. The fraction of sp³-hybridized carbons (Fsp3) is 0.583. The summed E-state index contributed by atoms with van der Waals surface area (Å²) in [5.41, 5.74) is 4.28. The third-order valence-corrected chi connectivity index (χ3v) is 12.5. The van der Waals surface area contributed by atoms with Gasteiger partial charge in [0.05, 0.1) is 31.9 Å². The molecule has 4 aromatic heterocycles. The van der Waals surface area contributed by atoms with E-state index >= 15 is 0 Å². The lowest BCUT2D eigenvalue weighted by molar-refractivity contribution is -0.0913. The van der Waals surface area contributed by atoms with Gasteiger partial charge >= 0.3 is 14.6 Å². The third kappa shape index (κ3) is 4.19. The molecule has 2 bridgehead atoms. The molecule has 244 valence electrons. The molecular formula is C24H27N9O10P2S. The van der Waals surface area contributed by atoms with Crippen molar-refractivity contribution in [3.05, 3.63) is 35.2 Å². The van der Waals surface area contributed by atoms with Crippen LogP contribution >= 0.6 is 26.9 Å². The number of aliphatic hydroxyl groups is 1. The minimum absolute atomic E-state index is 0.0454. The number of aromatic nitrogens is 8. The fourth-order valence-corrected chi connectivity index (χ4v) is 10.2. The van der Waals surface area contributed by atoms with Gasteiger partial charge < -0.3 is 30.0 Å². The number of nitrogens with zero attached hydrogens (tertiary/aromatic N) is 7. The lowest BCUT2D eigenvalue weighted by Crippen LogP contribution is -2.38. The molecule has 3 saturated carbocycles. The average Bonchev–Trinajstić information content (AvgIpc) is 3.65. The summed E-state index contributed by atoms with van der Waals surface area (Å²) < 4.78 is 59.9. The number of thiol groups is 1. The molecule has 19 nitrogen and oxygen atoms in total. The fourth-order valence-electron chi connectivity index (χ4n) is 7.64. The van der Waals surface area contributed by atoms with Crippen molar-refractivity contribution >= 4 is 55.0 Å². The number of phosphoric acid groups is 1. The predicted molar refractivity (Wildman–Crippen MR) is 157 cm³/mol. The van der Waals surface area contributed by atoms with Gasteiger partial charge in [-0.2, -0.15) is 0 Å². The van der Waals surface area contributed by atoms with Gasteiger partial charge in [-0.15, -0.1) is 0 Å². The Morgan fingerprint density at radius 1 is 1.04 bits per heavy atom. The van der Waals surface area contributed by atoms with E-state index in [1.165, 1.54) is 23.5 Å². The number of phosphoric ester groups is 1. The van der Waals surface area contributed by atoms with Gasteiger partial charge in [-0.05, 0) is 25.7 Å². The maximum atomic E-state index is 13.7. The number of ether oxygens (including phenoxy) is 1. The maximum absolute atomic E-state index is 13.7. The second-order valence-electron chi connectivity index (χ2n) is 12.5. The van der Waals surface area contributed by atoms with Crippen LogP contribution in [0, 0.1) is 24.2 Å². The van der Waals surface area contributed by atoms with E-state index in [1.807, 2.05) is 0 Å². The topological polar surface area (TPSA) is 254 Å². The Hall–Kier alpha value is -2.77. The van der Waals surface area contributed by atoms with Crippen molar-refractivity contribution in [3.63, 3.8) is 0 Å². The lowest BCUT2D eigenvalue weighted by atomic mass is 10.0. The zero-order valence-electron chi connectivity index (χ0n) is 23.8. The highest BCUT2D eigenvalue weighted by Crippen LogP contribution is 2.74. The van der Waals surface area contributed by atoms with Crippen LogP contribution in [-0.4, -0.2) is 86.2 Å². The quantitative estimate of drug-likeness (QED) is 0.145. The molecule has 6 heterocycles. The van der Waals surface area contributed by atoms with E-state index in [0.29, 0.717) is 29.8 Å². The Bertz CT molecular complexity index is 2110. The molecule has 5 fully saturated rings. The SMILES string of the molecule is Cc1nc2c(ncn2[C@@H]2O[C@]34COP(=O)(S)O[C@H]5[C@@H](O)[C@H](n6cnc7c(N)ncnc76)[C@H]6CC65COP(=O)(O)O[C@@H]2[C@@H]3C4)c(=O)[nH]1. The summed E-state index contributed by atoms with van der Waals surface area (Å²) in [6, 6.07) is -0.697. The lowest BCUT2D eigenvalue weighted by Gasteiger charge is -2.31. The van der Waals surface area contributed by atoms with Crippen LogP contribution in [0.15, 0.2) is 23.8 Å². The second kappa shape index (κ2) is 9.43. The van der Waals surface area contributed by atoms with Gasteiger partial charge in [0, 0.05) is 11.3 Å². The average molecular weight is 696 g/mol. The number of aromatic amines is 1. The van der Waals surface area contributed by atoms with Gasteiger partial charge in [-0.25, -0.2) is 34.0 Å². The Kier molecular flexibility index (Phi) is 6.02. The molecule has 22 heteroatoms. The van der Waals surface area contributed by atoms with Crippen LogP contribution in [0.4, 0.5) is 5.82 Å². The number of aliphatic hydroxyl groups excluding tert-OH is 1. The van der Waals surface area contributed by atoms with E-state index in [2.05, 4.69) is 42.2 Å². The number of anilines is 1. The monoisotopic (exact) mass is 695 g/mol. The number of nitrogen functional groups attached to an aromatic ring is 1. The molecule has 0 aromatic carbocycles. The molecule has 2 saturated heterocycles. The number of fused-ring (bicyclic) bond motifs is 2. The summed E-state index contributed by atoms with van der Waals surface area (Å²) >= 11 is 4.25. The Morgan fingerprint density at radius 3 is 2.65 bits per heavy atom. The first kappa shape index (κ1) is 29.4. The van der Waals surface area contributed by atoms with E-state index in [9.17, 15) is 23.9 Å². The summed E-state index contributed by atoms with van der Waals surface area (Å²) in [6.45, 7) is -3.22. The molecule has 3 unspecified atom stereocenters. The van der Waals surface area contributed by atoms with E-state index < -0.39 is 67.7 Å². The molecular weight excluding hydrogens is 668 g/mol. The molecule has 11 atom stereocenters. The standard InChI is InChI=1S/C24H27N9O10P2S/c1-9-30-20-13(21(35)31-9)29-8-33(20)22-16-11-3-24(11,41-22)5-40-45(38,46)43-17-15(34)14(10-2-23(10,17)4-39-44(36,37)42-16)32-7-28-12-18(25)26-6-27-19(12)32/h6-8,10-11,14-17,22,34H,2-5H2,1H3,(H,36,37)(H,38,46)(H2,25,26,27)(H,30,31,35)/t10-,11+,14-,15+,16-,17+,22-,23?,24-,45?/m1/s1. The van der Waals surface area contributed by atoms with Gasteiger partial charge in [0.1, 0.15) is 41.6 Å². The largest absolute Gasteiger partial charge is 0.472 e. The molecule has 3 aliphatic carbocycles. The van der Waals surface area contributed by atoms with Gasteiger partial charge in [0.15, 0.2) is 28.9 Å². The molecule has 5 N–H and O–H groups in total. The van der Waals surface area contributed by atoms with Crippen molar-refractivity contribution in [1.29, 1.82) is 0 Å². The Morgan fingerprint density at radius 2 is 1.83 bits per heavy atom. The van der Waals surface area contributed by atoms with Crippen molar-refractivity contribution in [1.82, 2.24) is 39.0 Å². The molecule has 9 rings (SSSR count). The second-order valence-corrected chi connectivity index (χ2v) is 16.8. The number of hydrogen-bond acceptors (Lipinski definition) is 15. The molecule has 1 spiro atoms. The first-order valence-electron chi connectivity index (χ1n) is 14.4. The van der Waals surface area contributed by atoms with Crippen LogP contribution in [0.2, 0.25) is 0 Å². The smallest absolute Gasteiger partial charge is 0.388 e. The zero-order valence-corrected chi connectivity index (χ0v) is 26.5. The van der Waals surface area contributed by atoms with Gasteiger partial charge in [-0.3, -0.25) is 27.5 Å². The molecule has 0 amide bonds. The number of imidazole rings is 2. The minimum atomic E-state index is -4.80. The predicted octanol–water partition coefficient (Wildman–Crippen LogP) is 1.02. The molecule has 46 heavy (non-hydrogen) atoms. The third-order valence-electron chi connectivity index (χ3n) is 9.93. The van der Waals surface area contributed by atoms with E-state index in [0.717, 1.165) is 0 Å². The van der Waals surface area contributed by atoms with Crippen molar-refractivity contribution in [2.75, 3.05) is 18.9 Å². The Labute approximate surface area is 263 Å². The van der Waals surface area contributed by atoms with Gasteiger partial charge in [0.25, 0.3) is 5.56 Å². The summed E-state index contributed by atoms with van der Waals surface area (Å²) in [5, 5.41) is 11.6. The highest BCUT2D eigenvalue weighted by molar-refractivity contribution is 8.44. The zero-order chi connectivity index (χ0) is 32.0. The minimum Gasteiger partial charge on any atom is -0.388 e. The van der Waals surface area contributed by atoms with Crippen LogP contribution in [-0.2, 0) is 32.0 Å². The van der Waals surface area contributed by atoms with Crippen molar-refractivity contribution in [2.24, 2.45) is 17.3 Å². The molecule has 5 aliphatic rings. The Balaban J connectivity index is 1.07. The molecule has 2 aliphatic heterocycles. The summed E-state index contributed by atoms with van der Waals surface area (Å²) in [7, 11) is -4.80. The summed E-state index contributed by atoms with van der Waals surface area (Å²) in [6.07, 6.45) is 0.196. The highest BCUT2D eigenvalue weighted by atomic mass is 32.7. The molecule has 4 aromatic rings. The first-order valence-corrected chi connectivity index (χ1v) is 18.5. The van der Waals surface area contributed by atoms with E-state index in [1.54, 1.807) is 11.5 Å². The van der Waals surface area contributed by atoms with E-state index in [4.69, 9.17) is 28.6 Å². The van der Waals surface area contributed by atoms with Crippen molar-refractivity contribution in [2.45, 2.75) is 55.9 Å². The van der Waals surface area contributed by atoms with Crippen LogP contribution in [0.5, 0.6) is 0 Å². The number of aryl methyl sites for hydroxylation is 1.